The zero-order chi connectivity index (χ0) is 40.5. The van der Waals surface area contributed by atoms with Gasteiger partial charge in [-0.25, -0.2) is 0 Å². The van der Waals surface area contributed by atoms with Crippen molar-refractivity contribution in [1.82, 2.24) is 0 Å². The first-order valence-corrected chi connectivity index (χ1v) is 22.7. The van der Waals surface area contributed by atoms with Crippen LogP contribution in [0.25, 0.3) is 0 Å². The summed E-state index contributed by atoms with van der Waals surface area (Å²) in [5.41, 5.74) is 0. The predicted octanol–water partition coefficient (Wildman–Crippen LogP) is 10.0. The second-order valence-corrected chi connectivity index (χ2v) is 24.1. The molecule has 0 radical (unpaired) electrons. The van der Waals surface area contributed by atoms with E-state index in [1.165, 1.54) is 109 Å². The molecular formula is C26H71BaN6O13P3+2. The number of hydrogen-bond acceptors (Lipinski definition) is 13. The van der Waals surface area contributed by atoms with E-state index in [1.807, 2.05) is 0 Å². The van der Waals surface area contributed by atoms with Crippen LogP contribution in [0.2, 0.25) is 0 Å². The quantitative estimate of drug-likeness (QED) is 0.0281. The molecule has 0 aromatic heterocycles. The minimum absolute atomic E-state index is 0. The van der Waals surface area contributed by atoms with Gasteiger partial charge in [0.05, 0.1) is 5.34 Å². The molecule has 0 amide bonds. The molecule has 0 aromatic carbocycles. The van der Waals surface area contributed by atoms with Gasteiger partial charge in [0.25, 0.3) is 0 Å². The maximum atomic E-state index is 10.8. The molecule has 298 valence electrons. The molecule has 0 fully saturated rings. The van der Waals surface area contributed by atoms with E-state index in [-0.39, 0.29) is 66.3 Å². The van der Waals surface area contributed by atoms with E-state index in [1.54, 1.807) is 0 Å². The van der Waals surface area contributed by atoms with E-state index in [4.69, 9.17) is 60.7 Å². The SMILES string of the molecule is CCCCCCC(CCCC)C(O)(P)CCCCCC.C[P+](C)(C)C.C[P+](C)(C)C.O=NO.O=NO.O=NO.O=NO.O=NO.O=NO.[Ba+2].[H-].[H-]. The minimum Gasteiger partial charge on any atom is -1.00 e. The monoisotopic (exact) mass is 906 g/mol. The minimum atomic E-state index is -0.519. The normalized spacial score (nSPS) is 10.5. The topological polar surface area (TPSA) is 318 Å². The Morgan fingerprint density at radius 2 is 0.714 bits per heavy atom. The first-order chi connectivity index (χ1) is 22.1. The molecule has 0 aromatic rings. The average molecular weight is 906 g/mol. The van der Waals surface area contributed by atoms with Crippen LogP contribution in [0.3, 0.4) is 0 Å². The van der Waals surface area contributed by atoms with Crippen molar-refractivity contribution < 1.29 is 39.2 Å². The van der Waals surface area contributed by atoms with E-state index in [0.29, 0.717) is 5.92 Å². The molecule has 3 atom stereocenters. The van der Waals surface area contributed by atoms with E-state index < -0.39 is 5.34 Å². The molecule has 0 saturated heterocycles. The molecule has 23 heteroatoms. The molecule has 0 aliphatic heterocycles. The fourth-order valence-corrected chi connectivity index (χ4v) is 3.49. The number of hydrogen-bond donors (Lipinski definition) is 7. The van der Waals surface area contributed by atoms with E-state index >= 15 is 0 Å². The van der Waals surface area contributed by atoms with Crippen LogP contribution in [0.1, 0.15) is 107 Å². The Bertz CT molecular complexity index is 584. The molecule has 0 bridgehead atoms. The molecule has 7 N–H and O–H groups in total. The summed E-state index contributed by atoms with van der Waals surface area (Å²) in [5.74, 6) is 0.478. The Hall–Kier alpha value is -0.779. The zero-order valence-corrected chi connectivity index (χ0v) is 39.1. The van der Waals surface area contributed by atoms with E-state index in [9.17, 15) is 5.11 Å². The summed E-state index contributed by atoms with van der Waals surface area (Å²) in [7, 11) is 2.01. The second kappa shape index (κ2) is 65.6. The Morgan fingerprint density at radius 3 is 0.939 bits per heavy atom. The second-order valence-electron chi connectivity index (χ2n) is 12.3. The largest absolute Gasteiger partial charge is 2.00 e. The van der Waals surface area contributed by atoms with Crippen molar-refractivity contribution in [3.63, 3.8) is 0 Å². The van der Waals surface area contributed by atoms with E-state index in [0.717, 1.165) is 6.42 Å². The predicted molar refractivity (Wildman–Crippen MR) is 210 cm³/mol. The van der Waals surface area contributed by atoms with Crippen molar-refractivity contribution in [3.8, 4) is 0 Å². The number of unbranched alkanes of at least 4 members (excludes halogenated alkanes) is 7. The van der Waals surface area contributed by atoms with Gasteiger partial charge in [-0.1, -0.05) is 85.0 Å². The van der Waals surface area contributed by atoms with Crippen LogP contribution in [0, 0.1) is 35.4 Å². The van der Waals surface area contributed by atoms with Crippen molar-refractivity contribution in [3.05, 3.63) is 29.4 Å². The summed E-state index contributed by atoms with van der Waals surface area (Å²) < 4.78 is 0. The maximum absolute atomic E-state index is 10.8. The fraction of sp³-hybridized carbons (Fsp3) is 1.00. The van der Waals surface area contributed by atoms with Crippen LogP contribution in [0.4, 0.5) is 0 Å². The van der Waals surface area contributed by atoms with Gasteiger partial charge in [0.1, 0.15) is 0 Å². The van der Waals surface area contributed by atoms with Crippen LogP contribution in [0.15, 0.2) is 32.0 Å². The molecule has 0 rings (SSSR count). The summed E-state index contributed by atoms with van der Waals surface area (Å²) in [6.07, 6.45) is 16.1. The number of nitrogens with zero attached hydrogens (tertiary/aromatic N) is 6. The van der Waals surface area contributed by atoms with Gasteiger partial charge >= 0.3 is 48.9 Å². The molecule has 49 heavy (non-hydrogen) atoms. The molecule has 0 saturated carbocycles. The van der Waals surface area contributed by atoms with Gasteiger partial charge in [-0.2, -0.15) is 0 Å². The van der Waals surface area contributed by atoms with Gasteiger partial charge in [-0.15, -0.1) is 38.7 Å². The summed E-state index contributed by atoms with van der Waals surface area (Å²) in [6.45, 7) is 25.1. The first kappa shape index (κ1) is 73.6. The summed E-state index contributed by atoms with van der Waals surface area (Å²) >= 11 is 0. The molecular weight excluding hydrogens is 835 g/mol. The van der Waals surface area contributed by atoms with Gasteiger partial charge in [0, 0.05) is 67.8 Å². The van der Waals surface area contributed by atoms with Gasteiger partial charge in [0.2, 0.25) is 0 Å². The molecule has 0 spiro atoms. The molecule has 3 unspecified atom stereocenters. The molecule has 19 nitrogen and oxygen atoms in total. The van der Waals surface area contributed by atoms with Crippen molar-refractivity contribution in [2.75, 3.05) is 53.3 Å². The van der Waals surface area contributed by atoms with Gasteiger partial charge in [0.15, 0.2) is 32.0 Å². The summed E-state index contributed by atoms with van der Waals surface area (Å²) in [6, 6.07) is 0. The van der Waals surface area contributed by atoms with Crippen LogP contribution >= 0.6 is 23.8 Å². The van der Waals surface area contributed by atoms with Crippen LogP contribution < -0.4 is 0 Å². The Labute approximate surface area is 339 Å². The molecule has 0 heterocycles. The summed E-state index contributed by atoms with van der Waals surface area (Å²) in [4.78, 5) is 48.7. The third-order valence-corrected chi connectivity index (χ3v) is 5.21. The maximum Gasteiger partial charge on any atom is 2.00 e. The Kier molecular flexibility index (Phi) is 98.5. The first-order valence-electron chi connectivity index (χ1n) is 15.0. The van der Waals surface area contributed by atoms with E-state index in [2.05, 4.69) is 83.3 Å². The van der Waals surface area contributed by atoms with Gasteiger partial charge in [-0.3, -0.25) is 0 Å². The third-order valence-electron chi connectivity index (χ3n) is 4.45. The number of rotatable bonds is 14. The average Bonchev–Trinajstić information content (AvgIpc) is 2.91. The molecule has 0 aliphatic carbocycles. The van der Waals surface area contributed by atoms with Crippen LogP contribution in [-0.4, -0.2) is 144 Å². The van der Waals surface area contributed by atoms with Gasteiger partial charge < -0.3 is 39.2 Å². The smallest absolute Gasteiger partial charge is 1.00 e. The van der Waals surface area contributed by atoms with Crippen molar-refractivity contribution in [2.45, 2.75) is 110 Å². The zero-order valence-electron chi connectivity index (χ0n) is 33.7. The number of aliphatic hydroxyl groups is 1. The van der Waals surface area contributed by atoms with Crippen molar-refractivity contribution >= 4 is 72.6 Å². The standard InChI is InChI=1S/C18H39OP.2C4H12P.Ba.6HNO2.2H/c1-4-7-10-12-15-17(14-9-6-3)18(19,20)16-13-11-8-5-2;2*1-5(2,3)4;;6*2-1-3;;/h17,19H,4-16,20H2,1-3H3;2*1-4H3;;6*(H,2,3);;/q;2*+1;+2;;;;;;;2*-1. The Balaban J connectivity index is -0.0000000404. The summed E-state index contributed by atoms with van der Waals surface area (Å²) in [5, 5.41) is 57.6. The van der Waals surface area contributed by atoms with Crippen LogP contribution in [-0.2, 0) is 0 Å². The van der Waals surface area contributed by atoms with Crippen molar-refractivity contribution in [1.29, 1.82) is 0 Å². The Morgan fingerprint density at radius 1 is 0.510 bits per heavy atom. The van der Waals surface area contributed by atoms with Gasteiger partial charge in [-0.05, 0) is 25.2 Å². The third kappa shape index (κ3) is 196. The fourth-order valence-electron chi connectivity index (χ4n) is 2.95. The molecule has 0 aliphatic rings. The van der Waals surface area contributed by atoms with Crippen molar-refractivity contribution in [2.24, 2.45) is 38.0 Å². The van der Waals surface area contributed by atoms with Crippen LogP contribution in [0.5, 0.6) is 0 Å².